The van der Waals surface area contributed by atoms with Crippen molar-refractivity contribution >= 4 is 29.3 Å². The average molecular weight is 395 g/mol. The number of carbonyl (C=O) groups excluding carboxylic acids is 1. The normalized spacial score (nSPS) is 19.1. The maximum Gasteiger partial charge on any atom is 0.242 e. The van der Waals surface area contributed by atoms with Crippen LogP contribution in [0.15, 0.2) is 24.4 Å². The molecular formula is C19H25N9O. The van der Waals surface area contributed by atoms with Gasteiger partial charge in [0.1, 0.15) is 11.7 Å². The van der Waals surface area contributed by atoms with Crippen LogP contribution in [0.25, 0.3) is 5.65 Å². The van der Waals surface area contributed by atoms with Crippen LogP contribution in [0, 0.1) is 0 Å². The number of aromatic nitrogens is 5. The van der Waals surface area contributed by atoms with Crippen LogP contribution in [0.5, 0.6) is 0 Å². The van der Waals surface area contributed by atoms with E-state index >= 15 is 0 Å². The fourth-order valence-electron chi connectivity index (χ4n) is 3.85. The van der Waals surface area contributed by atoms with Gasteiger partial charge in [0.25, 0.3) is 0 Å². The standard InChI is InChI=1S/C19H25N9O/c20-7-8-21-17(29)14-3-1-9-27(14)19-23-16-4-2-10-28(16)18(24-19)22-15-11-13(25-26-15)12-5-6-12/h2,4,10-12,14H,1,3,5-9,20H2,(H,21,29)(H2,22,23,24,25,26)/t14-/m0/s1. The van der Waals surface area contributed by atoms with Crippen LogP contribution in [0.3, 0.4) is 0 Å². The average Bonchev–Trinajstić information content (AvgIpc) is 3.14. The van der Waals surface area contributed by atoms with Gasteiger partial charge >= 0.3 is 0 Å². The zero-order valence-electron chi connectivity index (χ0n) is 16.1. The number of H-pyrrole nitrogens is 1. The number of hydrogen-bond donors (Lipinski definition) is 4. The quantitative estimate of drug-likeness (QED) is 0.472. The van der Waals surface area contributed by atoms with Crippen molar-refractivity contribution in [2.24, 2.45) is 5.73 Å². The molecule has 1 amide bonds. The summed E-state index contributed by atoms with van der Waals surface area (Å²) in [6, 6.07) is 5.61. The number of nitrogens with zero attached hydrogens (tertiary/aromatic N) is 5. The number of carbonyl (C=O) groups is 1. The van der Waals surface area contributed by atoms with Crippen LogP contribution in [-0.4, -0.2) is 56.1 Å². The van der Waals surface area contributed by atoms with E-state index in [-0.39, 0.29) is 11.9 Å². The molecule has 10 nitrogen and oxygen atoms in total. The second-order valence-electron chi connectivity index (χ2n) is 7.62. The molecule has 2 fully saturated rings. The topological polar surface area (TPSA) is 129 Å². The van der Waals surface area contributed by atoms with Gasteiger partial charge in [-0.2, -0.15) is 15.1 Å². The Kier molecular flexibility index (Phi) is 4.55. The van der Waals surface area contributed by atoms with Gasteiger partial charge in [-0.1, -0.05) is 0 Å². The van der Waals surface area contributed by atoms with E-state index in [0.717, 1.165) is 36.5 Å². The van der Waals surface area contributed by atoms with Crippen LogP contribution in [0.4, 0.5) is 17.7 Å². The lowest BCUT2D eigenvalue weighted by Crippen LogP contribution is -2.45. The molecule has 0 unspecified atom stereocenters. The van der Waals surface area contributed by atoms with Crippen molar-refractivity contribution in [1.82, 2.24) is 29.9 Å². The van der Waals surface area contributed by atoms with E-state index < -0.39 is 0 Å². The van der Waals surface area contributed by atoms with Gasteiger partial charge in [-0.25, -0.2) is 0 Å². The summed E-state index contributed by atoms with van der Waals surface area (Å²) in [7, 11) is 0. The first-order chi connectivity index (χ1) is 14.2. The number of nitrogens with two attached hydrogens (primary N) is 1. The maximum atomic E-state index is 12.6. The molecule has 1 saturated heterocycles. The Labute approximate surface area is 167 Å². The van der Waals surface area contributed by atoms with Crippen LogP contribution >= 0.6 is 0 Å². The summed E-state index contributed by atoms with van der Waals surface area (Å²) in [6.07, 6.45) is 6.03. The van der Waals surface area contributed by atoms with Crippen molar-refractivity contribution in [3.63, 3.8) is 0 Å². The lowest BCUT2D eigenvalue weighted by Gasteiger charge is -2.24. The van der Waals surface area contributed by atoms with Gasteiger partial charge in [-0.3, -0.25) is 14.3 Å². The first kappa shape index (κ1) is 17.9. The molecule has 5 rings (SSSR count). The number of rotatable bonds is 7. The minimum atomic E-state index is -0.279. The van der Waals surface area contributed by atoms with Gasteiger partial charge in [0.2, 0.25) is 17.8 Å². The van der Waals surface area contributed by atoms with E-state index in [9.17, 15) is 4.79 Å². The lowest BCUT2D eigenvalue weighted by molar-refractivity contribution is -0.122. The molecule has 1 aliphatic carbocycles. The first-order valence-corrected chi connectivity index (χ1v) is 10.1. The molecule has 0 spiro atoms. The molecule has 5 N–H and O–H groups in total. The summed E-state index contributed by atoms with van der Waals surface area (Å²) in [5.74, 6) is 2.47. The second kappa shape index (κ2) is 7.36. The van der Waals surface area contributed by atoms with Crippen molar-refractivity contribution in [1.29, 1.82) is 0 Å². The number of hydrogen-bond acceptors (Lipinski definition) is 7. The Morgan fingerprint density at radius 3 is 3.03 bits per heavy atom. The predicted molar refractivity (Wildman–Crippen MR) is 109 cm³/mol. The highest BCUT2D eigenvalue weighted by Crippen LogP contribution is 2.39. The molecule has 0 radical (unpaired) electrons. The smallest absolute Gasteiger partial charge is 0.242 e. The van der Waals surface area contributed by atoms with Crippen molar-refractivity contribution in [3.8, 4) is 0 Å². The zero-order chi connectivity index (χ0) is 19.8. The minimum absolute atomic E-state index is 0.0253. The Morgan fingerprint density at radius 1 is 1.31 bits per heavy atom. The number of amides is 1. The second-order valence-corrected chi connectivity index (χ2v) is 7.62. The third kappa shape index (κ3) is 3.51. The van der Waals surface area contributed by atoms with Gasteiger partial charge in [-0.05, 0) is 37.8 Å². The van der Waals surface area contributed by atoms with E-state index in [0.29, 0.717) is 30.9 Å². The SMILES string of the molecule is NCCNC(=O)[C@@H]1CCCN1c1nc(Nc2cc(C3CC3)[nH]n2)n2cccc2n1. The predicted octanol–water partition coefficient (Wildman–Crippen LogP) is 1.12. The fraction of sp³-hybridized carbons (Fsp3) is 0.474. The number of aromatic amines is 1. The van der Waals surface area contributed by atoms with E-state index in [4.69, 9.17) is 10.7 Å². The Morgan fingerprint density at radius 2 is 2.21 bits per heavy atom. The largest absolute Gasteiger partial charge is 0.353 e. The van der Waals surface area contributed by atoms with Gasteiger partial charge in [0, 0.05) is 43.5 Å². The molecule has 2 aliphatic rings. The van der Waals surface area contributed by atoms with E-state index in [1.165, 1.54) is 12.8 Å². The van der Waals surface area contributed by atoms with Gasteiger partial charge in [0.05, 0.1) is 0 Å². The summed E-state index contributed by atoms with van der Waals surface area (Å²) in [5, 5.41) is 13.7. The first-order valence-electron chi connectivity index (χ1n) is 10.1. The Balaban J connectivity index is 1.44. The van der Waals surface area contributed by atoms with E-state index in [1.807, 2.05) is 33.7 Å². The summed E-state index contributed by atoms with van der Waals surface area (Å²) in [6.45, 7) is 1.63. The molecule has 0 bridgehead atoms. The van der Waals surface area contributed by atoms with E-state index in [1.54, 1.807) is 0 Å². The molecule has 29 heavy (non-hydrogen) atoms. The number of anilines is 3. The molecule has 1 saturated carbocycles. The zero-order valence-corrected chi connectivity index (χ0v) is 16.1. The van der Waals surface area contributed by atoms with Crippen molar-refractivity contribution in [2.75, 3.05) is 29.9 Å². The highest BCUT2D eigenvalue weighted by Gasteiger charge is 2.33. The minimum Gasteiger partial charge on any atom is -0.353 e. The molecule has 1 atom stereocenters. The lowest BCUT2D eigenvalue weighted by atomic mass is 10.2. The van der Waals surface area contributed by atoms with E-state index in [2.05, 4.69) is 25.8 Å². The Bertz CT molecular complexity index is 1020. The molecule has 4 heterocycles. The number of fused-ring (bicyclic) bond motifs is 1. The summed E-state index contributed by atoms with van der Waals surface area (Å²) in [5.41, 5.74) is 7.44. The van der Waals surface area contributed by atoms with Crippen molar-refractivity contribution in [3.05, 3.63) is 30.1 Å². The number of nitrogens with one attached hydrogen (secondary N) is 3. The van der Waals surface area contributed by atoms with Gasteiger partial charge < -0.3 is 21.3 Å². The van der Waals surface area contributed by atoms with Crippen LogP contribution in [0.1, 0.15) is 37.3 Å². The molecule has 152 valence electrons. The molecule has 0 aromatic carbocycles. The summed E-state index contributed by atoms with van der Waals surface area (Å²) >= 11 is 0. The highest BCUT2D eigenvalue weighted by molar-refractivity contribution is 5.85. The third-order valence-corrected chi connectivity index (χ3v) is 5.49. The van der Waals surface area contributed by atoms with Crippen LogP contribution < -0.4 is 21.3 Å². The monoisotopic (exact) mass is 395 g/mol. The molecule has 10 heteroatoms. The third-order valence-electron chi connectivity index (χ3n) is 5.49. The Hall–Kier alpha value is -3.14. The maximum absolute atomic E-state index is 12.6. The van der Waals surface area contributed by atoms with Crippen molar-refractivity contribution < 1.29 is 4.79 Å². The molecule has 3 aromatic heterocycles. The summed E-state index contributed by atoms with van der Waals surface area (Å²) < 4.78 is 1.88. The highest BCUT2D eigenvalue weighted by atomic mass is 16.2. The fourth-order valence-corrected chi connectivity index (χ4v) is 3.85. The van der Waals surface area contributed by atoms with Gasteiger partial charge in [0.15, 0.2) is 5.82 Å². The van der Waals surface area contributed by atoms with Crippen molar-refractivity contribution in [2.45, 2.75) is 37.6 Å². The van der Waals surface area contributed by atoms with Crippen LogP contribution in [-0.2, 0) is 4.79 Å². The molecule has 3 aromatic rings. The molecule has 1 aliphatic heterocycles. The summed E-state index contributed by atoms with van der Waals surface area (Å²) in [4.78, 5) is 23.9. The molecular weight excluding hydrogens is 370 g/mol. The van der Waals surface area contributed by atoms with Crippen LogP contribution in [0.2, 0.25) is 0 Å². The van der Waals surface area contributed by atoms with Gasteiger partial charge in [-0.15, -0.1) is 0 Å².